The minimum absolute atomic E-state index is 0.0947. The summed E-state index contributed by atoms with van der Waals surface area (Å²) in [7, 11) is -3.91. The third-order valence-electron chi connectivity index (χ3n) is 5.34. The second kappa shape index (κ2) is 7.76. The van der Waals surface area contributed by atoms with E-state index in [1.165, 1.54) is 6.20 Å². The summed E-state index contributed by atoms with van der Waals surface area (Å²) in [6, 6.07) is 13.4. The molecule has 2 aromatic carbocycles. The Balaban J connectivity index is 1.84. The first kappa shape index (κ1) is 21.0. The Hall–Kier alpha value is -2.29. The molecule has 0 amide bonds. The van der Waals surface area contributed by atoms with Gasteiger partial charge in [-0.2, -0.15) is 11.8 Å². The third-order valence-corrected chi connectivity index (χ3v) is 8.05. The maximum absolute atomic E-state index is 13.3. The molecule has 6 nitrogen and oxygen atoms in total. The SMILES string of the molecule is CCSC[C@H]1C[C@](O)(c2cn(S(=O)(=O)c3ccc(C)cc3)c3ccccc23)C(=O)O1. The summed E-state index contributed by atoms with van der Waals surface area (Å²) in [5, 5.41) is 11.8. The number of rotatable bonds is 6. The summed E-state index contributed by atoms with van der Waals surface area (Å²) in [6.45, 7) is 3.89. The zero-order valence-electron chi connectivity index (χ0n) is 16.7. The Kier molecular flexibility index (Phi) is 5.42. The normalized spacial score (nSPS) is 21.8. The molecule has 2 heterocycles. The van der Waals surface area contributed by atoms with E-state index in [1.54, 1.807) is 60.3 Å². The highest BCUT2D eigenvalue weighted by molar-refractivity contribution is 7.99. The van der Waals surface area contributed by atoms with Crippen LogP contribution in [0.2, 0.25) is 0 Å². The number of hydrogen-bond acceptors (Lipinski definition) is 6. The molecule has 1 aromatic heterocycles. The molecule has 4 rings (SSSR count). The molecule has 30 heavy (non-hydrogen) atoms. The van der Waals surface area contributed by atoms with Crippen LogP contribution in [0.15, 0.2) is 59.6 Å². The fraction of sp³-hybridized carbons (Fsp3) is 0.318. The molecule has 0 spiro atoms. The monoisotopic (exact) mass is 445 g/mol. The number of fused-ring (bicyclic) bond motifs is 1. The van der Waals surface area contributed by atoms with Crippen molar-refractivity contribution in [1.82, 2.24) is 3.97 Å². The second-order valence-corrected chi connectivity index (χ2v) is 10.6. The van der Waals surface area contributed by atoms with E-state index < -0.39 is 27.7 Å². The van der Waals surface area contributed by atoms with E-state index in [4.69, 9.17) is 4.74 Å². The van der Waals surface area contributed by atoms with Crippen LogP contribution in [0.5, 0.6) is 0 Å². The molecule has 3 aromatic rings. The summed E-state index contributed by atoms with van der Waals surface area (Å²) >= 11 is 1.63. The van der Waals surface area contributed by atoms with Crippen LogP contribution in [0.25, 0.3) is 10.9 Å². The summed E-state index contributed by atoms with van der Waals surface area (Å²) in [6.07, 6.45) is 1.04. The molecule has 1 aliphatic rings. The first-order valence-corrected chi connectivity index (χ1v) is 12.3. The van der Waals surface area contributed by atoms with Gasteiger partial charge in [-0.05, 0) is 30.9 Å². The van der Waals surface area contributed by atoms with Crippen molar-refractivity contribution in [3.8, 4) is 0 Å². The lowest BCUT2D eigenvalue weighted by atomic mass is 9.90. The van der Waals surface area contributed by atoms with Crippen LogP contribution >= 0.6 is 11.8 Å². The summed E-state index contributed by atoms with van der Waals surface area (Å²) < 4.78 is 33.2. The molecule has 8 heteroatoms. The number of carbonyl (C=O) groups is 1. The van der Waals surface area contributed by atoms with Crippen molar-refractivity contribution in [3.63, 3.8) is 0 Å². The summed E-state index contributed by atoms with van der Waals surface area (Å²) in [5.74, 6) is 0.727. The number of para-hydroxylation sites is 1. The molecule has 0 aliphatic carbocycles. The van der Waals surface area contributed by atoms with E-state index >= 15 is 0 Å². The quantitative estimate of drug-likeness (QED) is 0.585. The van der Waals surface area contributed by atoms with E-state index in [-0.39, 0.29) is 16.9 Å². The van der Waals surface area contributed by atoms with Crippen LogP contribution in [0.4, 0.5) is 0 Å². The smallest absolute Gasteiger partial charge is 0.343 e. The topological polar surface area (TPSA) is 85.6 Å². The molecule has 158 valence electrons. The molecule has 1 aliphatic heterocycles. The number of benzene rings is 2. The molecule has 0 radical (unpaired) electrons. The van der Waals surface area contributed by atoms with E-state index in [2.05, 4.69) is 0 Å². The van der Waals surface area contributed by atoms with Crippen molar-refractivity contribution in [1.29, 1.82) is 0 Å². The van der Waals surface area contributed by atoms with Gasteiger partial charge in [0.05, 0.1) is 10.4 Å². The highest BCUT2D eigenvalue weighted by Gasteiger charge is 2.50. The van der Waals surface area contributed by atoms with Gasteiger partial charge in [-0.1, -0.05) is 42.8 Å². The minimum atomic E-state index is -3.91. The van der Waals surface area contributed by atoms with E-state index in [0.717, 1.165) is 15.3 Å². The number of nitrogens with zero attached hydrogens (tertiary/aromatic N) is 1. The van der Waals surface area contributed by atoms with Gasteiger partial charge in [-0.25, -0.2) is 17.2 Å². The Morgan fingerprint density at radius 3 is 2.60 bits per heavy atom. The van der Waals surface area contributed by atoms with E-state index in [0.29, 0.717) is 16.7 Å². The molecule has 1 saturated heterocycles. The lowest BCUT2D eigenvalue weighted by molar-refractivity contribution is -0.155. The first-order chi connectivity index (χ1) is 14.3. The molecular formula is C22H23NO5S2. The molecule has 0 bridgehead atoms. The van der Waals surface area contributed by atoms with Gasteiger partial charge >= 0.3 is 5.97 Å². The number of cyclic esters (lactones) is 1. The van der Waals surface area contributed by atoms with Gasteiger partial charge in [-0.3, -0.25) is 0 Å². The van der Waals surface area contributed by atoms with Crippen molar-refractivity contribution >= 4 is 38.7 Å². The van der Waals surface area contributed by atoms with Gasteiger partial charge in [-0.15, -0.1) is 0 Å². The van der Waals surface area contributed by atoms with Gasteiger partial charge < -0.3 is 9.84 Å². The van der Waals surface area contributed by atoms with E-state index in [1.807, 2.05) is 13.8 Å². The summed E-state index contributed by atoms with van der Waals surface area (Å²) in [5.41, 5.74) is -0.276. The van der Waals surface area contributed by atoms with Crippen LogP contribution < -0.4 is 0 Å². The largest absolute Gasteiger partial charge is 0.459 e. The maximum atomic E-state index is 13.3. The predicted octanol–water partition coefficient (Wildman–Crippen LogP) is 3.44. The van der Waals surface area contributed by atoms with Gasteiger partial charge in [0.15, 0.2) is 5.60 Å². The van der Waals surface area contributed by atoms with Crippen molar-refractivity contribution in [2.45, 2.75) is 36.9 Å². The van der Waals surface area contributed by atoms with Crippen LogP contribution in [0, 0.1) is 6.92 Å². The van der Waals surface area contributed by atoms with Crippen molar-refractivity contribution in [2.75, 3.05) is 11.5 Å². The highest BCUT2D eigenvalue weighted by Crippen LogP contribution is 2.41. The number of aryl methyl sites for hydroxylation is 1. The van der Waals surface area contributed by atoms with Crippen LogP contribution in [-0.2, 0) is 25.2 Å². The molecule has 0 saturated carbocycles. The third kappa shape index (κ3) is 3.42. The van der Waals surface area contributed by atoms with Crippen molar-refractivity contribution in [3.05, 3.63) is 65.9 Å². The number of esters is 1. The van der Waals surface area contributed by atoms with Gasteiger partial charge in [0.2, 0.25) is 0 Å². The Labute approximate surface area is 179 Å². The van der Waals surface area contributed by atoms with Crippen molar-refractivity contribution in [2.24, 2.45) is 0 Å². The average Bonchev–Trinajstić information content (AvgIpc) is 3.26. The van der Waals surface area contributed by atoms with E-state index in [9.17, 15) is 18.3 Å². The molecule has 0 unspecified atom stereocenters. The number of aliphatic hydroxyl groups is 1. The number of carbonyl (C=O) groups excluding carboxylic acids is 1. The second-order valence-electron chi connectivity index (χ2n) is 7.43. The zero-order chi connectivity index (χ0) is 21.5. The standard InChI is InChI=1S/C22H23NO5S2/c1-3-29-14-16-12-22(25,21(24)28-16)19-13-23(20-7-5-4-6-18(19)20)30(26,27)17-10-8-15(2)9-11-17/h4-11,13,16,25H,3,12,14H2,1-2H3/t16-,22+/m1/s1. The first-order valence-electron chi connectivity index (χ1n) is 9.71. The number of ether oxygens (including phenoxy) is 1. The number of thioether (sulfide) groups is 1. The molecule has 1 fully saturated rings. The van der Waals surface area contributed by atoms with Crippen LogP contribution in [0.1, 0.15) is 24.5 Å². The Morgan fingerprint density at radius 1 is 1.20 bits per heavy atom. The highest BCUT2D eigenvalue weighted by atomic mass is 32.2. The lowest BCUT2D eigenvalue weighted by Gasteiger charge is -2.17. The molecule has 1 N–H and O–H groups in total. The minimum Gasteiger partial charge on any atom is -0.459 e. The Bertz CT molecular complexity index is 1200. The predicted molar refractivity (Wildman–Crippen MR) is 117 cm³/mol. The molecule has 2 atom stereocenters. The molecular weight excluding hydrogens is 422 g/mol. The number of aromatic nitrogens is 1. The lowest BCUT2D eigenvalue weighted by Crippen LogP contribution is -2.31. The fourth-order valence-electron chi connectivity index (χ4n) is 3.77. The van der Waals surface area contributed by atoms with Gasteiger partial charge in [0.25, 0.3) is 10.0 Å². The average molecular weight is 446 g/mol. The van der Waals surface area contributed by atoms with Crippen molar-refractivity contribution < 1.29 is 23.1 Å². The zero-order valence-corrected chi connectivity index (χ0v) is 18.4. The number of hydrogen-bond donors (Lipinski definition) is 1. The maximum Gasteiger partial charge on any atom is 0.343 e. The summed E-state index contributed by atoms with van der Waals surface area (Å²) in [4.78, 5) is 12.8. The van der Waals surface area contributed by atoms with Gasteiger partial charge in [0.1, 0.15) is 6.10 Å². The van der Waals surface area contributed by atoms with Gasteiger partial charge in [0, 0.05) is 29.3 Å². The Morgan fingerprint density at radius 2 is 1.90 bits per heavy atom. The van der Waals surface area contributed by atoms with Crippen LogP contribution in [-0.4, -0.2) is 41.1 Å². The van der Waals surface area contributed by atoms with Crippen LogP contribution in [0.3, 0.4) is 0 Å². The fourth-order valence-corrected chi connectivity index (χ4v) is 5.82.